The molecule has 1 heterocycles. The lowest BCUT2D eigenvalue weighted by Crippen LogP contribution is -2.08. The number of rotatable bonds is 1. The van der Waals surface area contributed by atoms with Gasteiger partial charge in [0.2, 0.25) is 0 Å². The van der Waals surface area contributed by atoms with E-state index >= 15 is 0 Å². The van der Waals surface area contributed by atoms with Gasteiger partial charge in [0.15, 0.2) is 5.58 Å². The van der Waals surface area contributed by atoms with Crippen molar-refractivity contribution in [1.82, 2.24) is 10.4 Å². The van der Waals surface area contributed by atoms with E-state index < -0.39 is 0 Å². The Hall–Kier alpha value is -1.81. The Morgan fingerprint density at radius 3 is 3.19 bits per heavy atom. The molecule has 77 valence electrons. The molecule has 1 unspecified atom stereocenters. The molecule has 0 fully saturated rings. The Balaban J connectivity index is 2.18. The fourth-order valence-corrected chi connectivity index (χ4v) is 2.07. The van der Waals surface area contributed by atoms with Crippen molar-refractivity contribution in [3.63, 3.8) is 0 Å². The number of hydrogen-bond donors (Lipinski definition) is 0. The number of thiocarbonyl (C=S) groups is 1. The fourth-order valence-electron chi connectivity index (χ4n) is 1.80. The summed E-state index contributed by atoms with van der Waals surface area (Å²) in [7, 11) is 0. The van der Waals surface area contributed by atoms with E-state index in [-0.39, 0.29) is 5.92 Å². The zero-order valence-corrected chi connectivity index (χ0v) is 9.07. The zero-order valence-electron chi connectivity index (χ0n) is 8.25. The average Bonchev–Trinajstić information content (AvgIpc) is 2.77. The van der Waals surface area contributed by atoms with Gasteiger partial charge in [-0.2, -0.15) is 0 Å². The number of benzene rings is 1. The summed E-state index contributed by atoms with van der Waals surface area (Å²) in [6.07, 6.45) is 8.82. The molecule has 0 bridgehead atoms. The van der Waals surface area contributed by atoms with Crippen LogP contribution in [0.1, 0.15) is 11.5 Å². The predicted molar refractivity (Wildman–Crippen MR) is 64.1 cm³/mol. The van der Waals surface area contributed by atoms with Gasteiger partial charge in [-0.15, -0.1) is 5.10 Å². The highest BCUT2D eigenvalue weighted by Crippen LogP contribution is 2.28. The zero-order chi connectivity index (χ0) is 11.0. The number of nitrogens with zero attached hydrogens (tertiary/aromatic N) is 2. The molecule has 1 aromatic heterocycles. The van der Waals surface area contributed by atoms with Gasteiger partial charge < -0.3 is 4.52 Å². The number of hydrogen-bond acceptors (Lipinski definition) is 4. The van der Waals surface area contributed by atoms with E-state index in [0.717, 1.165) is 15.9 Å². The molecule has 0 aliphatic heterocycles. The Morgan fingerprint density at radius 2 is 2.31 bits per heavy atom. The van der Waals surface area contributed by atoms with Crippen molar-refractivity contribution < 1.29 is 4.52 Å². The van der Waals surface area contributed by atoms with Gasteiger partial charge in [0.25, 0.3) is 0 Å². The van der Waals surface area contributed by atoms with Gasteiger partial charge in [0, 0.05) is 16.1 Å². The van der Waals surface area contributed by atoms with Crippen LogP contribution in [0.5, 0.6) is 0 Å². The van der Waals surface area contributed by atoms with Crippen molar-refractivity contribution >= 4 is 28.2 Å². The number of aromatic nitrogens is 2. The van der Waals surface area contributed by atoms with Gasteiger partial charge in [0.05, 0.1) is 0 Å². The van der Waals surface area contributed by atoms with Crippen molar-refractivity contribution in [2.45, 2.75) is 5.92 Å². The number of allylic oxidation sites excluding steroid dienone is 4. The second-order valence-corrected chi connectivity index (χ2v) is 3.94. The normalized spacial score (nSPS) is 19.5. The van der Waals surface area contributed by atoms with Gasteiger partial charge in [0.1, 0.15) is 5.52 Å². The van der Waals surface area contributed by atoms with Crippen molar-refractivity contribution in [2.24, 2.45) is 0 Å². The minimum atomic E-state index is 0.0376. The summed E-state index contributed by atoms with van der Waals surface area (Å²) >= 11 is 5.27. The van der Waals surface area contributed by atoms with Gasteiger partial charge in [-0.3, -0.25) is 0 Å². The summed E-state index contributed by atoms with van der Waals surface area (Å²) in [5.41, 5.74) is 2.46. The molecule has 1 radical (unpaired) electrons. The molecule has 1 atom stereocenters. The molecule has 0 spiro atoms. The molecular weight excluding hydrogens is 220 g/mol. The smallest absolute Gasteiger partial charge is 0.187 e. The van der Waals surface area contributed by atoms with Gasteiger partial charge in [-0.05, 0) is 17.7 Å². The van der Waals surface area contributed by atoms with Crippen LogP contribution in [0.4, 0.5) is 0 Å². The highest BCUT2D eigenvalue weighted by atomic mass is 32.1. The monoisotopic (exact) mass is 227 g/mol. The van der Waals surface area contributed by atoms with E-state index in [1.807, 2.05) is 36.4 Å². The first kappa shape index (κ1) is 9.42. The lowest BCUT2D eigenvalue weighted by molar-refractivity contribution is 0.424. The quantitative estimate of drug-likeness (QED) is 0.702. The maximum absolute atomic E-state index is 5.27. The Kier molecular flexibility index (Phi) is 2.15. The third kappa shape index (κ3) is 1.39. The summed E-state index contributed by atoms with van der Waals surface area (Å²) in [5, 5.41) is 7.54. The van der Waals surface area contributed by atoms with E-state index in [1.165, 1.54) is 0 Å². The molecule has 1 aliphatic rings. The van der Waals surface area contributed by atoms with Crippen LogP contribution in [0, 0.1) is 6.08 Å². The standard InChI is InChI=1S/C12H7N2OS/c16-11-7-2-1-4-8(11)9-5-3-6-10-12(9)13-14-15-10/h1-6,8H. The molecular formula is C12H7N2OS. The summed E-state index contributed by atoms with van der Waals surface area (Å²) in [5.74, 6) is 0.0376. The minimum absolute atomic E-state index is 0.0376. The van der Waals surface area contributed by atoms with Crippen LogP contribution in [0.15, 0.2) is 41.0 Å². The fraction of sp³-hybridized carbons (Fsp3) is 0.0833. The highest BCUT2D eigenvalue weighted by molar-refractivity contribution is 7.80. The summed E-state index contributed by atoms with van der Waals surface area (Å²) in [6, 6.07) is 5.74. The van der Waals surface area contributed by atoms with Crippen LogP contribution in [0.3, 0.4) is 0 Å². The Labute approximate surface area is 97.4 Å². The summed E-state index contributed by atoms with van der Waals surface area (Å²) < 4.78 is 5.03. The highest BCUT2D eigenvalue weighted by Gasteiger charge is 2.18. The second-order valence-electron chi connectivity index (χ2n) is 3.50. The summed E-state index contributed by atoms with van der Waals surface area (Å²) in [6.45, 7) is 0. The molecule has 0 amide bonds. The van der Waals surface area contributed by atoms with E-state index in [0.29, 0.717) is 5.58 Å². The minimum Gasteiger partial charge on any atom is -0.337 e. The number of fused-ring (bicyclic) bond motifs is 1. The molecule has 2 aromatic rings. The van der Waals surface area contributed by atoms with E-state index in [2.05, 4.69) is 16.4 Å². The first-order valence-electron chi connectivity index (χ1n) is 4.87. The van der Waals surface area contributed by atoms with Gasteiger partial charge in [-0.1, -0.05) is 42.6 Å². The maximum Gasteiger partial charge on any atom is 0.187 e. The Bertz CT molecular complexity index is 612. The van der Waals surface area contributed by atoms with E-state index in [4.69, 9.17) is 16.7 Å². The van der Waals surface area contributed by atoms with Crippen LogP contribution in [-0.4, -0.2) is 15.2 Å². The molecule has 0 saturated carbocycles. The molecule has 0 saturated heterocycles. The molecule has 3 nitrogen and oxygen atoms in total. The third-order valence-corrected chi connectivity index (χ3v) is 2.92. The largest absolute Gasteiger partial charge is 0.337 e. The van der Waals surface area contributed by atoms with Crippen molar-refractivity contribution in [3.05, 3.63) is 48.1 Å². The summed E-state index contributed by atoms with van der Waals surface area (Å²) in [4.78, 5) is 0.762. The van der Waals surface area contributed by atoms with Crippen LogP contribution in [0.2, 0.25) is 0 Å². The lowest BCUT2D eigenvalue weighted by atomic mass is 9.91. The average molecular weight is 227 g/mol. The van der Waals surface area contributed by atoms with Crippen molar-refractivity contribution in [3.8, 4) is 0 Å². The molecule has 1 aromatic carbocycles. The van der Waals surface area contributed by atoms with Crippen LogP contribution in [0.25, 0.3) is 11.1 Å². The van der Waals surface area contributed by atoms with E-state index in [9.17, 15) is 0 Å². The van der Waals surface area contributed by atoms with Crippen LogP contribution in [-0.2, 0) is 0 Å². The molecule has 4 heteroatoms. The van der Waals surface area contributed by atoms with Crippen molar-refractivity contribution in [2.75, 3.05) is 0 Å². The van der Waals surface area contributed by atoms with Gasteiger partial charge >= 0.3 is 0 Å². The second kappa shape index (κ2) is 3.64. The van der Waals surface area contributed by atoms with Crippen LogP contribution < -0.4 is 0 Å². The third-order valence-electron chi connectivity index (χ3n) is 2.55. The first-order chi connectivity index (χ1) is 7.86. The first-order valence-corrected chi connectivity index (χ1v) is 5.28. The SMILES string of the molecule is S=C1[C]=CC=CC1c1cccc2onnc12. The molecule has 1 aliphatic carbocycles. The lowest BCUT2D eigenvalue weighted by Gasteiger charge is -2.13. The topological polar surface area (TPSA) is 38.9 Å². The molecule has 0 N–H and O–H groups in total. The predicted octanol–water partition coefficient (Wildman–Crippen LogP) is 2.61. The Morgan fingerprint density at radius 1 is 1.38 bits per heavy atom. The molecule has 3 rings (SSSR count). The maximum atomic E-state index is 5.27. The van der Waals surface area contributed by atoms with Crippen molar-refractivity contribution in [1.29, 1.82) is 0 Å². The van der Waals surface area contributed by atoms with Crippen LogP contribution >= 0.6 is 12.2 Å². The van der Waals surface area contributed by atoms with Gasteiger partial charge in [-0.25, -0.2) is 0 Å². The van der Waals surface area contributed by atoms with E-state index in [1.54, 1.807) is 0 Å². The molecule has 16 heavy (non-hydrogen) atoms.